The first-order valence-corrected chi connectivity index (χ1v) is 8.21. The van der Waals surface area contributed by atoms with E-state index in [1.54, 1.807) is 12.4 Å². The molecule has 0 aromatic carbocycles. The van der Waals surface area contributed by atoms with Crippen LogP contribution in [0, 0.1) is 0 Å². The second kappa shape index (κ2) is 6.64. The summed E-state index contributed by atoms with van der Waals surface area (Å²) in [6.45, 7) is 2.60. The quantitative estimate of drug-likeness (QED) is 0.867. The molecule has 0 saturated carbocycles. The number of fused-ring (bicyclic) bond motifs is 1. The van der Waals surface area contributed by atoms with Gasteiger partial charge in [-0.15, -0.1) is 0 Å². The molecule has 0 amide bonds. The highest BCUT2D eigenvalue weighted by atomic mass is 16.5. The van der Waals surface area contributed by atoms with E-state index < -0.39 is 0 Å². The van der Waals surface area contributed by atoms with E-state index in [1.807, 2.05) is 30.6 Å². The number of pyridine rings is 2. The normalized spacial score (nSPS) is 27.6. The van der Waals surface area contributed by atoms with Crippen LogP contribution in [0.2, 0.25) is 0 Å². The summed E-state index contributed by atoms with van der Waals surface area (Å²) in [5.74, 6) is 0.814. The fourth-order valence-corrected chi connectivity index (χ4v) is 3.61. The highest BCUT2D eigenvalue weighted by molar-refractivity contribution is 5.17. The van der Waals surface area contributed by atoms with Crippen molar-refractivity contribution in [3.8, 4) is 5.75 Å². The minimum Gasteiger partial charge on any atom is -0.485 e. The summed E-state index contributed by atoms with van der Waals surface area (Å²) in [5, 5.41) is 0. The van der Waals surface area contributed by atoms with E-state index in [2.05, 4.69) is 20.9 Å². The second-order valence-corrected chi connectivity index (χ2v) is 6.18. The minimum atomic E-state index is 0.0566. The maximum atomic E-state index is 6.17. The van der Waals surface area contributed by atoms with Gasteiger partial charge in [-0.1, -0.05) is 6.07 Å². The molecule has 0 spiro atoms. The van der Waals surface area contributed by atoms with Crippen LogP contribution in [0.1, 0.15) is 18.4 Å². The molecule has 5 nitrogen and oxygen atoms in total. The van der Waals surface area contributed by atoms with Crippen molar-refractivity contribution in [1.82, 2.24) is 14.9 Å². The number of hydrogen-bond acceptors (Lipinski definition) is 5. The SMILES string of the molecule is c1cncc(CN2C[C@@H](Oc3cccnc3)[C@@H]3OCCC[C@H]32)c1. The zero-order valence-corrected chi connectivity index (χ0v) is 13.0. The van der Waals surface area contributed by atoms with E-state index in [0.717, 1.165) is 38.3 Å². The Bertz CT molecular complexity index is 567. The zero-order chi connectivity index (χ0) is 15.5. The molecule has 2 fully saturated rings. The van der Waals surface area contributed by atoms with Crippen LogP contribution in [-0.4, -0.2) is 46.3 Å². The summed E-state index contributed by atoms with van der Waals surface area (Å²) in [6.07, 6.45) is 9.75. The number of likely N-dealkylation sites (tertiary alicyclic amines) is 1. The van der Waals surface area contributed by atoms with Crippen molar-refractivity contribution in [3.63, 3.8) is 0 Å². The first kappa shape index (κ1) is 14.6. The van der Waals surface area contributed by atoms with E-state index in [-0.39, 0.29) is 12.2 Å². The van der Waals surface area contributed by atoms with Crippen LogP contribution >= 0.6 is 0 Å². The fourth-order valence-electron chi connectivity index (χ4n) is 3.61. The predicted octanol–water partition coefficient (Wildman–Crippen LogP) is 2.29. The summed E-state index contributed by atoms with van der Waals surface area (Å²) in [5.41, 5.74) is 1.24. The molecule has 2 aliphatic rings. The predicted molar refractivity (Wildman–Crippen MR) is 86.1 cm³/mol. The molecule has 0 unspecified atom stereocenters. The van der Waals surface area contributed by atoms with Gasteiger partial charge < -0.3 is 9.47 Å². The molecule has 0 bridgehead atoms. The van der Waals surface area contributed by atoms with E-state index in [0.29, 0.717) is 6.04 Å². The molecule has 0 aliphatic carbocycles. The van der Waals surface area contributed by atoms with Crippen molar-refractivity contribution in [2.75, 3.05) is 13.2 Å². The molecule has 4 rings (SSSR count). The Hall–Kier alpha value is -1.98. The van der Waals surface area contributed by atoms with Crippen molar-refractivity contribution >= 4 is 0 Å². The lowest BCUT2D eigenvalue weighted by atomic mass is 10.0. The van der Waals surface area contributed by atoms with E-state index in [1.165, 1.54) is 5.56 Å². The molecular weight excluding hydrogens is 290 g/mol. The monoisotopic (exact) mass is 311 g/mol. The van der Waals surface area contributed by atoms with Crippen LogP contribution in [0.15, 0.2) is 49.1 Å². The van der Waals surface area contributed by atoms with E-state index in [9.17, 15) is 0 Å². The Morgan fingerprint density at radius 2 is 2.04 bits per heavy atom. The molecule has 4 heterocycles. The summed E-state index contributed by atoms with van der Waals surface area (Å²) < 4.78 is 12.2. The third-order valence-electron chi connectivity index (χ3n) is 4.61. The fraction of sp³-hybridized carbons (Fsp3) is 0.444. The molecule has 2 aliphatic heterocycles. The Morgan fingerprint density at radius 3 is 2.83 bits per heavy atom. The summed E-state index contributed by atoms with van der Waals surface area (Å²) >= 11 is 0. The average Bonchev–Trinajstić information content (AvgIpc) is 2.95. The van der Waals surface area contributed by atoms with Crippen LogP contribution in [-0.2, 0) is 11.3 Å². The largest absolute Gasteiger partial charge is 0.485 e. The van der Waals surface area contributed by atoms with Crippen LogP contribution < -0.4 is 4.74 Å². The molecule has 5 heteroatoms. The van der Waals surface area contributed by atoms with Gasteiger partial charge in [0.25, 0.3) is 0 Å². The van der Waals surface area contributed by atoms with E-state index >= 15 is 0 Å². The molecule has 2 saturated heterocycles. The van der Waals surface area contributed by atoms with E-state index in [4.69, 9.17) is 9.47 Å². The molecule has 3 atom stereocenters. The third-order valence-corrected chi connectivity index (χ3v) is 4.61. The van der Waals surface area contributed by atoms with Gasteiger partial charge in [0, 0.05) is 44.3 Å². The summed E-state index contributed by atoms with van der Waals surface area (Å²) in [6, 6.07) is 8.39. The lowest BCUT2D eigenvalue weighted by Crippen LogP contribution is -2.42. The number of aromatic nitrogens is 2. The minimum absolute atomic E-state index is 0.0566. The summed E-state index contributed by atoms with van der Waals surface area (Å²) in [4.78, 5) is 10.8. The van der Waals surface area contributed by atoms with Crippen LogP contribution in [0.4, 0.5) is 0 Å². The third kappa shape index (κ3) is 3.21. The van der Waals surface area contributed by atoms with Gasteiger partial charge in [0.1, 0.15) is 18.0 Å². The van der Waals surface area contributed by atoms with Gasteiger partial charge in [0.2, 0.25) is 0 Å². The number of ether oxygens (including phenoxy) is 2. The Morgan fingerprint density at radius 1 is 1.17 bits per heavy atom. The van der Waals surface area contributed by atoms with Crippen LogP contribution in [0.3, 0.4) is 0 Å². The van der Waals surface area contributed by atoms with Crippen LogP contribution in [0.25, 0.3) is 0 Å². The topological polar surface area (TPSA) is 47.5 Å². The molecular formula is C18H21N3O2. The highest BCUT2D eigenvalue weighted by Crippen LogP contribution is 2.32. The smallest absolute Gasteiger partial charge is 0.139 e. The van der Waals surface area contributed by atoms with Crippen molar-refractivity contribution in [3.05, 3.63) is 54.6 Å². The van der Waals surface area contributed by atoms with Crippen molar-refractivity contribution < 1.29 is 9.47 Å². The number of hydrogen-bond donors (Lipinski definition) is 0. The Labute approximate surface area is 136 Å². The van der Waals surface area contributed by atoms with Gasteiger partial charge in [-0.2, -0.15) is 0 Å². The van der Waals surface area contributed by atoms with Gasteiger partial charge in [-0.05, 0) is 36.6 Å². The summed E-state index contributed by atoms with van der Waals surface area (Å²) in [7, 11) is 0. The van der Waals surface area contributed by atoms with Crippen molar-refractivity contribution in [2.45, 2.75) is 37.6 Å². The molecule has 2 aromatic heterocycles. The lowest BCUT2D eigenvalue weighted by molar-refractivity contribution is -0.0472. The maximum absolute atomic E-state index is 6.17. The number of rotatable bonds is 4. The molecule has 0 radical (unpaired) electrons. The zero-order valence-electron chi connectivity index (χ0n) is 13.0. The average molecular weight is 311 g/mol. The maximum Gasteiger partial charge on any atom is 0.139 e. The van der Waals surface area contributed by atoms with Gasteiger partial charge in [0.05, 0.1) is 6.20 Å². The van der Waals surface area contributed by atoms with Gasteiger partial charge in [-0.3, -0.25) is 14.9 Å². The number of nitrogens with zero attached hydrogens (tertiary/aromatic N) is 3. The first-order valence-electron chi connectivity index (χ1n) is 8.21. The Balaban J connectivity index is 1.50. The van der Waals surface area contributed by atoms with Crippen molar-refractivity contribution in [1.29, 1.82) is 0 Å². The lowest BCUT2D eigenvalue weighted by Gasteiger charge is -2.32. The molecule has 2 aromatic rings. The van der Waals surface area contributed by atoms with Gasteiger partial charge in [0.15, 0.2) is 0 Å². The molecule has 120 valence electrons. The van der Waals surface area contributed by atoms with Crippen molar-refractivity contribution in [2.24, 2.45) is 0 Å². The first-order chi connectivity index (χ1) is 11.4. The van der Waals surface area contributed by atoms with Gasteiger partial charge >= 0.3 is 0 Å². The van der Waals surface area contributed by atoms with Gasteiger partial charge in [-0.25, -0.2) is 0 Å². The standard InChI is InChI=1S/C18H21N3O2/c1-4-14(10-19-7-1)12-21-13-17(18-16(21)6-3-9-22-18)23-15-5-2-8-20-11-15/h1-2,4-5,7-8,10-11,16-18H,3,6,9,12-13H2/t16-,17-,18-/m1/s1. The highest BCUT2D eigenvalue weighted by Gasteiger charge is 2.45. The Kier molecular flexibility index (Phi) is 4.22. The second-order valence-electron chi connectivity index (χ2n) is 6.18. The molecule has 23 heavy (non-hydrogen) atoms. The van der Waals surface area contributed by atoms with Crippen LogP contribution in [0.5, 0.6) is 5.75 Å². The molecule has 0 N–H and O–H groups in total.